The highest BCUT2D eigenvalue weighted by Gasteiger charge is 2.20. The number of hydrogen-bond acceptors (Lipinski definition) is 5. The zero-order valence-corrected chi connectivity index (χ0v) is 19.5. The van der Waals surface area contributed by atoms with E-state index in [0.29, 0.717) is 5.75 Å². The molecule has 1 unspecified atom stereocenters. The van der Waals surface area contributed by atoms with Gasteiger partial charge in [-0.3, -0.25) is 19.6 Å². The first-order chi connectivity index (χ1) is 14.5. The van der Waals surface area contributed by atoms with Crippen LogP contribution >= 0.6 is 15.9 Å². The fourth-order valence-electron chi connectivity index (χ4n) is 3.08. The summed E-state index contributed by atoms with van der Waals surface area (Å²) in [5.74, 6) is 0.521. The summed E-state index contributed by atoms with van der Waals surface area (Å²) in [4.78, 5) is 23.6. The minimum Gasteiger partial charge on any atom is -0.457 e. The first-order valence-electron chi connectivity index (χ1n) is 9.62. The number of aryl methyl sites for hydroxylation is 3. The molecule has 2 aromatic carbocycles. The van der Waals surface area contributed by atoms with Gasteiger partial charge >= 0.3 is 0 Å². The van der Waals surface area contributed by atoms with Crippen molar-refractivity contribution in [3.05, 3.63) is 73.5 Å². The number of halogens is 1. The van der Waals surface area contributed by atoms with Crippen LogP contribution in [0.4, 0.5) is 11.4 Å². The van der Waals surface area contributed by atoms with Gasteiger partial charge in [0.2, 0.25) is 5.91 Å². The number of nitrogens with one attached hydrogen (secondary N) is 1. The van der Waals surface area contributed by atoms with Gasteiger partial charge in [0.15, 0.2) is 0 Å². The number of nitrogens with zero attached hydrogens (tertiary/aromatic N) is 3. The average molecular weight is 487 g/mol. The molecule has 1 atom stereocenters. The van der Waals surface area contributed by atoms with Gasteiger partial charge in [0.25, 0.3) is 5.69 Å². The summed E-state index contributed by atoms with van der Waals surface area (Å²) >= 11 is 3.38. The molecule has 0 radical (unpaired) electrons. The molecule has 0 aliphatic rings. The third-order valence-electron chi connectivity index (χ3n) is 4.99. The highest BCUT2D eigenvalue weighted by Crippen LogP contribution is 2.33. The minimum absolute atomic E-state index is 0.180. The second kappa shape index (κ2) is 8.89. The molecular formula is C22H23BrN4O4. The van der Waals surface area contributed by atoms with Gasteiger partial charge in [-0.2, -0.15) is 5.10 Å². The topological polar surface area (TPSA) is 99.3 Å². The van der Waals surface area contributed by atoms with E-state index < -0.39 is 11.0 Å². The van der Waals surface area contributed by atoms with E-state index in [1.54, 1.807) is 19.2 Å². The zero-order valence-electron chi connectivity index (χ0n) is 17.9. The lowest BCUT2D eigenvalue weighted by Gasteiger charge is -2.15. The molecule has 0 aliphatic carbocycles. The van der Waals surface area contributed by atoms with E-state index in [9.17, 15) is 14.9 Å². The lowest BCUT2D eigenvalue weighted by molar-refractivity contribution is -0.384. The Kier molecular flexibility index (Phi) is 6.45. The Bertz CT molecular complexity index is 1150. The minimum atomic E-state index is -0.615. The van der Waals surface area contributed by atoms with E-state index in [1.807, 2.05) is 39.8 Å². The standard InChI is InChI=1S/C22H23BrN4O4/c1-12-6-13(2)14(3)21(7-12)31-19-9-17(8-18(10-19)27(29)30)24-22(28)16(5)26-11-20(23)15(4)25-26/h6-11,16H,1-5H3,(H,24,28). The van der Waals surface area contributed by atoms with Gasteiger partial charge < -0.3 is 10.1 Å². The van der Waals surface area contributed by atoms with Crippen molar-refractivity contribution in [2.45, 2.75) is 40.7 Å². The van der Waals surface area contributed by atoms with Gasteiger partial charge in [0.1, 0.15) is 17.5 Å². The van der Waals surface area contributed by atoms with Gasteiger partial charge in [-0.15, -0.1) is 0 Å². The van der Waals surface area contributed by atoms with Crippen LogP contribution in [0.5, 0.6) is 11.5 Å². The molecule has 31 heavy (non-hydrogen) atoms. The van der Waals surface area contributed by atoms with Crippen LogP contribution in [0.15, 0.2) is 41.0 Å². The van der Waals surface area contributed by atoms with Crippen molar-refractivity contribution < 1.29 is 14.5 Å². The van der Waals surface area contributed by atoms with Crippen LogP contribution in [0.25, 0.3) is 0 Å². The lowest BCUT2D eigenvalue weighted by atomic mass is 10.1. The molecule has 1 N–H and O–H groups in total. The number of aromatic nitrogens is 2. The van der Waals surface area contributed by atoms with Gasteiger partial charge in [0.05, 0.1) is 26.8 Å². The number of amides is 1. The lowest BCUT2D eigenvalue weighted by Crippen LogP contribution is -2.24. The number of hydrogen-bond donors (Lipinski definition) is 1. The van der Waals surface area contributed by atoms with E-state index in [1.165, 1.54) is 16.8 Å². The number of nitro groups is 1. The maximum absolute atomic E-state index is 12.7. The van der Waals surface area contributed by atoms with Crippen molar-refractivity contribution in [1.29, 1.82) is 0 Å². The normalized spacial score (nSPS) is 11.8. The van der Waals surface area contributed by atoms with E-state index in [2.05, 4.69) is 26.3 Å². The summed E-state index contributed by atoms with van der Waals surface area (Å²) in [5, 5.41) is 18.5. The molecule has 3 rings (SSSR count). The van der Waals surface area contributed by atoms with Crippen molar-refractivity contribution in [1.82, 2.24) is 9.78 Å². The summed E-state index contributed by atoms with van der Waals surface area (Å²) in [6.07, 6.45) is 1.71. The SMILES string of the molecule is Cc1cc(C)c(C)c(Oc2cc(NC(=O)C(C)n3cc(Br)c(C)n3)cc([N+](=O)[O-])c2)c1. The third-order valence-corrected chi connectivity index (χ3v) is 5.77. The second-order valence-electron chi connectivity index (χ2n) is 7.49. The molecule has 3 aromatic rings. The molecule has 0 saturated heterocycles. The fraction of sp³-hybridized carbons (Fsp3) is 0.273. The Morgan fingerprint density at radius 3 is 2.52 bits per heavy atom. The number of non-ortho nitro benzene ring substituents is 1. The predicted molar refractivity (Wildman–Crippen MR) is 122 cm³/mol. The highest BCUT2D eigenvalue weighted by atomic mass is 79.9. The number of anilines is 1. The molecule has 0 fully saturated rings. The van der Waals surface area contributed by atoms with Crippen molar-refractivity contribution in [3.63, 3.8) is 0 Å². The van der Waals surface area contributed by atoms with E-state index in [-0.39, 0.29) is 23.0 Å². The maximum Gasteiger partial charge on any atom is 0.275 e. The summed E-state index contributed by atoms with van der Waals surface area (Å²) in [6, 6.07) is 7.51. The molecule has 8 nitrogen and oxygen atoms in total. The van der Waals surface area contributed by atoms with Crippen molar-refractivity contribution in [2.24, 2.45) is 0 Å². The molecular weight excluding hydrogens is 464 g/mol. The van der Waals surface area contributed by atoms with Crippen molar-refractivity contribution in [2.75, 3.05) is 5.32 Å². The maximum atomic E-state index is 12.7. The van der Waals surface area contributed by atoms with Crippen molar-refractivity contribution >= 4 is 33.2 Å². The van der Waals surface area contributed by atoms with E-state index in [4.69, 9.17) is 4.74 Å². The molecule has 1 amide bonds. The van der Waals surface area contributed by atoms with Gasteiger partial charge in [-0.25, -0.2) is 0 Å². The Labute approximate surface area is 188 Å². The molecule has 1 aromatic heterocycles. The smallest absolute Gasteiger partial charge is 0.275 e. The number of rotatable bonds is 6. The van der Waals surface area contributed by atoms with Gasteiger partial charge in [0, 0.05) is 18.3 Å². The van der Waals surface area contributed by atoms with Crippen LogP contribution in [0, 0.1) is 37.8 Å². The van der Waals surface area contributed by atoms with Gasteiger partial charge in [-0.05, 0) is 73.3 Å². The van der Waals surface area contributed by atoms with Crippen LogP contribution in [0.1, 0.15) is 35.3 Å². The Balaban J connectivity index is 1.90. The molecule has 0 bridgehead atoms. The summed E-state index contributed by atoms with van der Waals surface area (Å²) < 4.78 is 8.29. The number of carbonyl (C=O) groups excluding carboxylic acids is 1. The van der Waals surface area contributed by atoms with E-state index in [0.717, 1.165) is 26.9 Å². The second-order valence-corrected chi connectivity index (χ2v) is 8.34. The zero-order chi connectivity index (χ0) is 22.9. The van der Waals surface area contributed by atoms with Crippen LogP contribution in [0.2, 0.25) is 0 Å². The van der Waals surface area contributed by atoms with Crippen LogP contribution in [-0.2, 0) is 4.79 Å². The Morgan fingerprint density at radius 2 is 1.90 bits per heavy atom. The van der Waals surface area contributed by atoms with E-state index >= 15 is 0 Å². The Morgan fingerprint density at radius 1 is 1.19 bits per heavy atom. The van der Waals surface area contributed by atoms with Gasteiger partial charge in [-0.1, -0.05) is 6.07 Å². The van der Waals surface area contributed by atoms with Crippen LogP contribution in [0.3, 0.4) is 0 Å². The molecule has 0 saturated carbocycles. The fourth-order valence-corrected chi connectivity index (χ4v) is 3.37. The number of benzene rings is 2. The number of nitro benzene ring substituents is 1. The Hall–Kier alpha value is -3.20. The molecule has 9 heteroatoms. The number of ether oxygens (including phenoxy) is 1. The average Bonchev–Trinajstić information content (AvgIpc) is 3.03. The van der Waals surface area contributed by atoms with Crippen LogP contribution in [-0.4, -0.2) is 20.6 Å². The van der Waals surface area contributed by atoms with Crippen LogP contribution < -0.4 is 10.1 Å². The molecule has 1 heterocycles. The highest BCUT2D eigenvalue weighted by molar-refractivity contribution is 9.10. The number of carbonyl (C=O) groups is 1. The van der Waals surface area contributed by atoms with Crippen molar-refractivity contribution in [3.8, 4) is 11.5 Å². The third kappa shape index (κ3) is 5.11. The summed E-state index contributed by atoms with van der Waals surface area (Å²) in [7, 11) is 0. The molecule has 162 valence electrons. The first-order valence-corrected chi connectivity index (χ1v) is 10.4. The molecule has 0 spiro atoms. The summed E-state index contributed by atoms with van der Waals surface area (Å²) in [5.41, 5.74) is 3.87. The largest absolute Gasteiger partial charge is 0.457 e. The summed E-state index contributed by atoms with van der Waals surface area (Å²) in [6.45, 7) is 9.38. The quantitative estimate of drug-likeness (QED) is 0.351. The predicted octanol–water partition coefficient (Wildman–Crippen LogP) is 5.78. The molecule has 0 aliphatic heterocycles. The first kappa shape index (κ1) is 22.5. The monoisotopic (exact) mass is 486 g/mol.